The Kier molecular flexibility index (Phi) is 4.91. The van der Waals surface area contributed by atoms with E-state index in [0.717, 1.165) is 24.3 Å². The molecule has 2 N–H and O–H groups in total. The minimum absolute atomic E-state index is 0.0272. The number of aliphatic hydroxyl groups excluding tert-OH is 1. The highest BCUT2D eigenvalue weighted by Crippen LogP contribution is 2.37. The van der Waals surface area contributed by atoms with Crippen molar-refractivity contribution in [1.29, 1.82) is 0 Å². The summed E-state index contributed by atoms with van der Waals surface area (Å²) in [5.41, 5.74) is 0.838. The number of rotatable bonds is 6. The number of para-hydroxylation sites is 1. The third-order valence-electron chi connectivity index (χ3n) is 3.93. The molecule has 0 aromatic heterocycles. The Morgan fingerprint density at radius 1 is 1.29 bits per heavy atom. The van der Waals surface area contributed by atoms with E-state index in [1.54, 1.807) is 0 Å². The second-order valence-electron chi connectivity index (χ2n) is 6.78. The highest BCUT2D eigenvalue weighted by atomic mass is 16.5. The number of nitrogens with one attached hydrogen (secondary N) is 1. The van der Waals surface area contributed by atoms with E-state index in [1.165, 1.54) is 0 Å². The average molecular weight is 293 g/mol. The van der Waals surface area contributed by atoms with E-state index in [1.807, 2.05) is 24.3 Å². The highest BCUT2D eigenvalue weighted by Gasteiger charge is 2.45. The second-order valence-corrected chi connectivity index (χ2v) is 6.78. The largest absolute Gasteiger partial charge is 0.491 e. The zero-order valence-corrected chi connectivity index (χ0v) is 13.5. The lowest BCUT2D eigenvalue weighted by molar-refractivity contribution is -0.0699. The molecule has 1 aliphatic heterocycles. The predicted molar refractivity (Wildman–Crippen MR) is 83.5 cm³/mol. The zero-order chi connectivity index (χ0) is 15.5. The first-order valence-corrected chi connectivity index (χ1v) is 7.59. The van der Waals surface area contributed by atoms with E-state index < -0.39 is 0 Å². The van der Waals surface area contributed by atoms with Crippen LogP contribution < -0.4 is 10.1 Å². The molecule has 1 fully saturated rings. The molecule has 1 saturated heterocycles. The Hall–Kier alpha value is -1.10. The van der Waals surface area contributed by atoms with Gasteiger partial charge in [0.15, 0.2) is 0 Å². The lowest BCUT2D eigenvalue weighted by Crippen LogP contribution is -2.43. The van der Waals surface area contributed by atoms with Gasteiger partial charge < -0.3 is 19.9 Å². The third-order valence-corrected chi connectivity index (χ3v) is 3.93. The van der Waals surface area contributed by atoms with E-state index in [4.69, 9.17) is 14.6 Å². The first-order chi connectivity index (χ1) is 9.84. The fourth-order valence-corrected chi connectivity index (χ4v) is 3.06. The van der Waals surface area contributed by atoms with Crippen LogP contribution >= 0.6 is 0 Å². The Labute approximate surface area is 127 Å². The van der Waals surface area contributed by atoms with Crippen molar-refractivity contribution in [1.82, 2.24) is 5.32 Å². The molecule has 2 rings (SSSR count). The number of ether oxygens (including phenoxy) is 2. The van der Waals surface area contributed by atoms with Crippen molar-refractivity contribution in [2.24, 2.45) is 0 Å². The normalized spacial score (nSPS) is 23.2. The SMILES string of the molecule is CC1(C)CC(NCc2ccccc2OCCO)C(C)(C)O1. The summed E-state index contributed by atoms with van der Waals surface area (Å²) in [5, 5.41) is 12.5. The minimum atomic E-state index is -0.176. The van der Waals surface area contributed by atoms with Gasteiger partial charge in [-0.1, -0.05) is 18.2 Å². The summed E-state index contributed by atoms with van der Waals surface area (Å²) in [6, 6.07) is 8.24. The third kappa shape index (κ3) is 4.19. The van der Waals surface area contributed by atoms with Crippen molar-refractivity contribution in [3.05, 3.63) is 29.8 Å². The van der Waals surface area contributed by atoms with E-state index in [-0.39, 0.29) is 17.8 Å². The zero-order valence-electron chi connectivity index (χ0n) is 13.5. The predicted octanol–water partition coefficient (Wildman–Crippen LogP) is 2.49. The van der Waals surface area contributed by atoms with Gasteiger partial charge in [0.2, 0.25) is 0 Å². The summed E-state index contributed by atoms with van der Waals surface area (Å²) in [6.45, 7) is 9.61. The summed E-state index contributed by atoms with van der Waals surface area (Å²) < 4.78 is 11.7. The Morgan fingerprint density at radius 3 is 2.62 bits per heavy atom. The minimum Gasteiger partial charge on any atom is -0.491 e. The van der Waals surface area contributed by atoms with E-state index in [0.29, 0.717) is 12.6 Å². The first kappa shape index (κ1) is 16.3. The lowest BCUT2D eigenvalue weighted by atomic mass is 9.94. The van der Waals surface area contributed by atoms with Gasteiger partial charge in [0.25, 0.3) is 0 Å². The van der Waals surface area contributed by atoms with Gasteiger partial charge in [-0.3, -0.25) is 0 Å². The molecule has 1 aromatic carbocycles. The van der Waals surface area contributed by atoms with Crippen LogP contribution in [-0.2, 0) is 11.3 Å². The molecular weight excluding hydrogens is 266 g/mol. The molecule has 0 bridgehead atoms. The molecule has 0 radical (unpaired) electrons. The standard InChI is InChI=1S/C17H27NO3/c1-16(2)11-15(17(3,4)21-16)18-12-13-7-5-6-8-14(13)20-10-9-19/h5-8,15,18-19H,9-12H2,1-4H3. The van der Waals surface area contributed by atoms with Crippen LogP contribution in [0.1, 0.15) is 39.7 Å². The van der Waals surface area contributed by atoms with Gasteiger partial charge in [0.1, 0.15) is 12.4 Å². The monoisotopic (exact) mass is 293 g/mol. The summed E-state index contributed by atoms with van der Waals surface area (Å²) >= 11 is 0. The Morgan fingerprint density at radius 2 is 2.00 bits per heavy atom. The Balaban J connectivity index is 2.00. The van der Waals surface area contributed by atoms with Crippen LogP contribution in [-0.4, -0.2) is 35.6 Å². The summed E-state index contributed by atoms with van der Waals surface area (Å²) in [7, 11) is 0. The second kappa shape index (κ2) is 6.34. The summed E-state index contributed by atoms with van der Waals surface area (Å²) in [4.78, 5) is 0. The Bertz CT molecular complexity index is 471. The number of benzene rings is 1. The number of hydrogen-bond acceptors (Lipinski definition) is 4. The molecule has 118 valence electrons. The van der Waals surface area contributed by atoms with Crippen LogP contribution in [0.5, 0.6) is 5.75 Å². The molecule has 1 aromatic rings. The smallest absolute Gasteiger partial charge is 0.123 e. The van der Waals surface area contributed by atoms with Crippen molar-refractivity contribution in [2.45, 2.75) is 57.9 Å². The molecule has 0 saturated carbocycles. The van der Waals surface area contributed by atoms with E-state index in [2.05, 4.69) is 33.0 Å². The van der Waals surface area contributed by atoms with Crippen LogP contribution in [0.25, 0.3) is 0 Å². The number of aliphatic hydroxyl groups is 1. The van der Waals surface area contributed by atoms with Crippen LogP contribution in [0.15, 0.2) is 24.3 Å². The van der Waals surface area contributed by atoms with Gasteiger partial charge in [-0.15, -0.1) is 0 Å². The fourth-order valence-electron chi connectivity index (χ4n) is 3.06. The van der Waals surface area contributed by atoms with Crippen LogP contribution in [0.4, 0.5) is 0 Å². The van der Waals surface area contributed by atoms with Crippen molar-refractivity contribution in [2.75, 3.05) is 13.2 Å². The maximum absolute atomic E-state index is 8.89. The maximum Gasteiger partial charge on any atom is 0.123 e. The molecule has 4 nitrogen and oxygen atoms in total. The van der Waals surface area contributed by atoms with Gasteiger partial charge in [0.05, 0.1) is 17.8 Å². The molecule has 0 spiro atoms. The van der Waals surface area contributed by atoms with Gasteiger partial charge >= 0.3 is 0 Å². The number of hydrogen-bond donors (Lipinski definition) is 2. The molecular formula is C17H27NO3. The van der Waals surface area contributed by atoms with Crippen molar-refractivity contribution < 1.29 is 14.6 Å². The summed E-state index contributed by atoms with van der Waals surface area (Å²) in [5.74, 6) is 0.829. The topological polar surface area (TPSA) is 50.7 Å². The first-order valence-electron chi connectivity index (χ1n) is 7.59. The highest BCUT2D eigenvalue weighted by molar-refractivity contribution is 5.33. The lowest BCUT2D eigenvalue weighted by Gasteiger charge is -2.28. The molecule has 0 amide bonds. The molecule has 1 unspecified atom stereocenters. The molecule has 21 heavy (non-hydrogen) atoms. The quantitative estimate of drug-likeness (QED) is 0.846. The fraction of sp³-hybridized carbons (Fsp3) is 0.647. The van der Waals surface area contributed by atoms with Gasteiger partial charge in [0, 0.05) is 18.2 Å². The molecule has 4 heteroatoms. The molecule has 0 aliphatic carbocycles. The maximum atomic E-state index is 8.89. The summed E-state index contributed by atoms with van der Waals surface area (Å²) in [6.07, 6.45) is 0.986. The van der Waals surface area contributed by atoms with Crippen LogP contribution in [0.3, 0.4) is 0 Å². The molecule has 1 atom stereocenters. The van der Waals surface area contributed by atoms with Crippen molar-refractivity contribution >= 4 is 0 Å². The van der Waals surface area contributed by atoms with Gasteiger partial charge in [-0.2, -0.15) is 0 Å². The van der Waals surface area contributed by atoms with Crippen molar-refractivity contribution in [3.63, 3.8) is 0 Å². The molecule has 1 aliphatic rings. The van der Waals surface area contributed by atoms with E-state index >= 15 is 0 Å². The van der Waals surface area contributed by atoms with Crippen LogP contribution in [0.2, 0.25) is 0 Å². The molecule has 1 heterocycles. The van der Waals surface area contributed by atoms with Crippen molar-refractivity contribution in [3.8, 4) is 5.75 Å². The van der Waals surface area contributed by atoms with Gasteiger partial charge in [-0.05, 0) is 40.2 Å². The van der Waals surface area contributed by atoms with Crippen LogP contribution in [0, 0.1) is 0 Å². The average Bonchev–Trinajstić information content (AvgIpc) is 2.62. The van der Waals surface area contributed by atoms with Gasteiger partial charge in [-0.25, -0.2) is 0 Å². The van der Waals surface area contributed by atoms with E-state index in [9.17, 15) is 0 Å².